The van der Waals surface area contributed by atoms with Crippen molar-refractivity contribution in [1.82, 2.24) is 0 Å². The van der Waals surface area contributed by atoms with Crippen LogP contribution in [0.4, 0.5) is 0 Å². The zero-order valence-electron chi connectivity index (χ0n) is 12.5. The fraction of sp³-hybridized carbons (Fsp3) is 0.250. The Morgan fingerprint density at radius 3 is 2.05 bits per heavy atom. The average molecular weight is 284 g/mol. The molecule has 0 aliphatic heterocycles. The molecule has 0 saturated heterocycles. The molecule has 2 aromatic carbocycles. The third kappa shape index (κ3) is 2.29. The predicted octanol–water partition coefficient (Wildman–Crippen LogP) is 2.20. The van der Waals surface area contributed by atoms with Gasteiger partial charge in [0, 0.05) is 11.1 Å². The van der Waals surface area contributed by atoms with Crippen LogP contribution in [-0.2, 0) is 0 Å². The van der Waals surface area contributed by atoms with Gasteiger partial charge in [0.15, 0.2) is 11.5 Å². The third-order valence-corrected chi connectivity index (χ3v) is 3.69. The SMILES string of the molecule is [B]c1c(O)c(OC)cc(C)c1-c1c(C)cc(O)c(C)c1O. The summed E-state index contributed by atoms with van der Waals surface area (Å²) in [6.45, 7) is 5.19. The number of methoxy groups -OCH3 is 1. The summed E-state index contributed by atoms with van der Waals surface area (Å²) in [5.74, 6) is 0.0820. The first-order valence-electron chi connectivity index (χ1n) is 6.48. The summed E-state index contributed by atoms with van der Waals surface area (Å²) in [7, 11) is 7.46. The van der Waals surface area contributed by atoms with E-state index in [-0.39, 0.29) is 28.5 Å². The topological polar surface area (TPSA) is 69.9 Å². The number of benzene rings is 2. The van der Waals surface area contributed by atoms with Crippen molar-refractivity contribution in [3.05, 3.63) is 28.8 Å². The van der Waals surface area contributed by atoms with Gasteiger partial charge in [-0.1, -0.05) is 0 Å². The van der Waals surface area contributed by atoms with Crippen molar-refractivity contribution in [2.75, 3.05) is 7.11 Å². The van der Waals surface area contributed by atoms with Gasteiger partial charge in [-0.3, -0.25) is 0 Å². The molecule has 2 radical (unpaired) electrons. The summed E-state index contributed by atoms with van der Waals surface area (Å²) in [6, 6.07) is 3.21. The van der Waals surface area contributed by atoms with E-state index in [1.165, 1.54) is 7.11 Å². The quantitative estimate of drug-likeness (QED) is 0.739. The van der Waals surface area contributed by atoms with Gasteiger partial charge in [-0.25, -0.2) is 0 Å². The minimum absolute atomic E-state index is 0.0164. The van der Waals surface area contributed by atoms with Crippen molar-refractivity contribution in [3.8, 4) is 34.1 Å². The van der Waals surface area contributed by atoms with Gasteiger partial charge in [0.1, 0.15) is 19.3 Å². The van der Waals surface area contributed by atoms with Gasteiger partial charge < -0.3 is 20.1 Å². The molecule has 2 aromatic rings. The Morgan fingerprint density at radius 1 is 0.905 bits per heavy atom. The predicted molar refractivity (Wildman–Crippen MR) is 83.0 cm³/mol. The molecule has 0 spiro atoms. The number of phenols is 3. The number of phenolic OH excluding ortho intramolecular Hbond substituents is 3. The second kappa shape index (κ2) is 5.24. The van der Waals surface area contributed by atoms with Crippen LogP contribution in [0.3, 0.4) is 0 Å². The van der Waals surface area contributed by atoms with Gasteiger partial charge in [0.05, 0.1) is 7.11 Å². The highest BCUT2D eigenvalue weighted by atomic mass is 16.5. The first-order valence-corrected chi connectivity index (χ1v) is 6.48. The summed E-state index contributed by atoms with van der Waals surface area (Å²) in [4.78, 5) is 0. The molecule has 0 aromatic heterocycles. The van der Waals surface area contributed by atoms with Crippen molar-refractivity contribution in [3.63, 3.8) is 0 Å². The maximum atomic E-state index is 10.4. The number of hydrogen-bond acceptors (Lipinski definition) is 4. The van der Waals surface area contributed by atoms with E-state index in [4.69, 9.17) is 12.6 Å². The molecule has 5 heteroatoms. The van der Waals surface area contributed by atoms with Crippen molar-refractivity contribution in [2.24, 2.45) is 0 Å². The molecule has 0 heterocycles. The summed E-state index contributed by atoms with van der Waals surface area (Å²) >= 11 is 0. The summed E-state index contributed by atoms with van der Waals surface area (Å²) in [6.07, 6.45) is 0. The van der Waals surface area contributed by atoms with Crippen LogP contribution in [0.2, 0.25) is 0 Å². The van der Waals surface area contributed by atoms with Crippen molar-refractivity contribution in [1.29, 1.82) is 0 Å². The monoisotopic (exact) mass is 284 g/mol. The third-order valence-electron chi connectivity index (χ3n) is 3.69. The lowest BCUT2D eigenvalue weighted by Crippen LogP contribution is -2.12. The standard InChI is InChI=1S/C16H17BO4/c1-7-5-10(18)9(3)15(19)13(7)12-8(2)6-11(21-4)16(20)14(12)17/h5-6,18-20H,1-4H3. The first-order chi connectivity index (χ1) is 9.79. The van der Waals surface area contributed by atoms with Crippen LogP contribution in [0, 0.1) is 20.8 Å². The fourth-order valence-corrected chi connectivity index (χ4v) is 2.48. The molecule has 2 rings (SSSR count). The van der Waals surface area contributed by atoms with E-state index in [1.807, 2.05) is 6.92 Å². The van der Waals surface area contributed by atoms with Crippen molar-refractivity contribution >= 4 is 13.3 Å². The van der Waals surface area contributed by atoms with E-state index in [0.29, 0.717) is 22.3 Å². The molecular formula is C16H17BO4. The molecule has 4 nitrogen and oxygen atoms in total. The first kappa shape index (κ1) is 15.1. The molecule has 0 atom stereocenters. The van der Waals surface area contributed by atoms with Gasteiger partial charge in [-0.2, -0.15) is 0 Å². The Kier molecular flexibility index (Phi) is 3.77. The summed E-state index contributed by atoms with van der Waals surface area (Å²) in [5, 5.41) is 30.2. The van der Waals surface area contributed by atoms with E-state index < -0.39 is 0 Å². The normalized spacial score (nSPS) is 10.7. The highest BCUT2D eigenvalue weighted by Crippen LogP contribution is 2.42. The largest absolute Gasteiger partial charge is 0.508 e. The molecular weight excluding hydrogens is 267 g/mol. The molecule has 0 saturated carbocycles. The molecule has 108 valence electrons. The highest BCUT2D eigenvalue weighted by molar-refractivity contribution is 6.38. The number of rotatable bonds is 2. The van der Waals surface area contributed by atoms with Crippen molar-refractivity contribution in [2.45, 2.75) is 20.8 Å². The van der Waals surface area contributed by atoms with Crippen LogP contribution in [0.15, 0.2) is 12.1 Å². The smallest absolute Gasteiger partial charge is 0.160 e. The van der Waals surface area contributed by atoms with Crippen LogP contribution in [0.1, 0.15) is 16.7 Å². The Hall–Kier alpha value is -2.30. The number of hydrogen-bond donors (Lipinski definition) is 3. The molecule has 21 heavy (non-hydrogen) atoms. The minimum Gasteiger partial charge on any atom is -0.508 e. The Morgan fingerprint density at radius 2 is 1.48 bits per heavy atom. The zero-order chi connectivity index (χ0) is 15.9. The van der Waals surface area contributed by atoms with Gasteiger partial charge in [-0.15, -0.1) is 0 Å². The summed E-state index contributed by atoms with van der Waals surface area (Å²) in [5.41, 5.74) is 2.95. The lowest BCUT2D eigenvalue weighted by molar-refractivity contribution is 0.375. The van der Waals surface area contributed by atoms with Crippen LogP contribution >= 0.6 is 0 Å². The fourth-order valence-electron chi connectivity index (χ4n) is 2.48. The molecule has 0 unspecified atom stereocenters. The molecule has 0 amide bonds. The lowest BCUT2D eigenvalue weighted by atomic mass is 9.81. The second-order valence-corrected chi connectivity index (χ2v) is 5.09. The number of ether oxygens (including phenoxy) is 1. The second-order valence-electron chi connectivity index (χ2n) is 5.09. The maximum absolute atomic E-state index is 10.4. The average Bonchev–Trinajstić information content (AvgIpc) is 2.44. The van der Waals surface area contributed by atoms with E-state index >= 15 is 0 Å². The van der Waals surface area contributed by atoms with E-state index in [0.717, 1.165) is 5.56 Å². The van der Waals surface area contributed by atoms with Crippen LogP contribution in [0.5, 0.6) is 23.0 Å². The van der Waals surface area contributed by atoms with E-state index in [9.17, 15) is 15.3 Å². The Balaban J connectivity index is 2.86. The van der Waals surface area contributed by atoms with Crippen LogP contribution < -0.4 is 10.2 Å². The number of aryl methyl sites for hydroxylation is 2. The van der Waals surface area contributed by atoms with Crippen LogP contribution in [-0.4, -0.2) is 30.3 Å². The summed E-state index contributed by atoms with van der Waals surface area (Å²) < 4.78 is 5.07. The van der Waals surface area contributed by atoms with Crippen molar-refractivity contribution < 1.29 is 20.1 Å². The van der Waals surface area contributed by atoms with E-state index in [2.05, 4.69) is 0 Å². The van der Waals surface area contributed by atoms with Crippen LogP contribution in [0.25, 0.3) is 11.1 Å². The van der Waals surface area contributed by atoms with Gasteiger partial charge in [0.2, 0.25) is 0 Å². The zero-order valence-corrected chi connectivity index (χ0v) is 12.5. The highest BCUT2D eigenvalue weighted by Gasteiger charge is 2.20. The Labute approximate surface area is 125 Å². The van der Waals surface area contributed by atoms with Gasteiger partial charge in [0.25, 0.3) is 0 Å². The molecule has 3 N–H and O–H groups in total. The molecule has 0 bridgehead atoms. The van der Waals surface area contributed by atoms with Gasteiger partial charge >= 0.3 is 0 Å². The minimum atomic E-state index is -0.164. The maximum Gasteiger partial charge on any atom is 0.160 e. The van der Waals surface area contributed by atoms with Gasteiger partial charge in [-0.05, 0) is 55.1 Å². The molecule has 0 fully saturated rings. The number of aromatic hydroxyl groups is 3. The Bertz CT molecular complexity index is 723. The molecule has 0 aliphatic rings. The van der Waals surface area contributed by atoms with E-state index in [1.54, 1.807) is 26.0 Å². The molecule has 0 aliphatic carbocycles. The lowest BCUT2D eigenvalue weighted by Gasteiger charge is -2.19.